The highest BCUT2D eigenvalue weighted by molar-refractivity contribution is 5.94. The van der Waals surface area contributed by atoms with E-state index in [1.54, 1.807) is 0 Å². The maximum atomic E-state index is 10.5. The van der Waals surface area contributed by atoms with Gasteiger partial charge in [0.2, 0.25) is 0 Å². The summed E-state index contributed by atoms with van der Waals surface area (Å²) >= 11 is 0. The maximum Gasteiger partial charge on any atom is 0.338 e. The van der Waals surface area contributed by atoms with Crippen molar-refractivity contribution in [3.05, 3.63) is 29.0 Å². The first-order valence-corrected chi connectivity index (χ1v) is 3.38. The average molecular weight is 184 g/mol. The molecule has 0 radical (unpaired) electrons. The third-order valence-corrected chi connectivity index (χ3v) is 1.53. The molecule has 70 valence electrons. The van der Waals surface area contributed by atoms with Gasteiger partial charge in [-0.1, -0.05) is 0 Å². The van der Waals surface area contributed by atoms with Crippen molar-refractivity contribution in [2.24, 2.45) is 0 Å². The molecule has 0 amide bonds. The van der Waals surface area contributed by atoms with Crippen LogP contribution < -0.4 is 11.0 Å². The first-order chi connectivity index (χ1) is 6.02. The van der Waals surface area contributed by atoms with Gasteiger partial charge < -0.3 is 16.0 Å². The van der Waals surface area contributed by atoms with Crippen LogP contribution >= 0.6 is 0 Å². The highest BCUT2D eigenvalue weighted by Gasteiger charge is 2.11. The van der Waals surface area contributed by atoms with Crippen LogP contribution in [0.1, 0.15) is 10.4 Å². The molecule has 0 fully saturated rings. The lowest BCUT2D eigenvalue weighted by Gasteiger charge is -2.12. The number of carboxylic acid groups (broad SMARTS) is 1. The first-order valence-electron chi connectivity index (χ1n) is 3.38. The third-order valence-electron chi connectivity index (χ3n) is 1.53. The first kappa shape index (κ1) is 9.46. The molecule has 6 nitrogen and oxygen atoms in total. The van der Waals surface area contributed by atoms with Gasteiger partial charge in [0.05, 0.1) is 5.56 Å². The van der Waals surface area contributed by atoms with Crippen LogP contribution in [0.5, 0.6) is 0 Å². The van der Waals surface area contributed by atoms with Crippen LogP contribution in [0, 0.1) is 5.21 Å². The second kappa shape index (κ2) is 3.40. The number of aromatic carboxylic acids is 1. The molecule has 0 aliphatic carbocycles. The monoisotopic (exact) mass is 184 g/mol. The Hall–Kier alpha value is -1.63. The van der Waals surface area contributed by atoms with Crippen LogP contribution in [-0.2, 0) is 0 Å². The lowest BCUT2D eigenvalue weighted by Crippen LogP contribution is -2.99. The summed E-state index contributed by atoms with van der Waals surface area (Å²) in [4.78, 5) is 10.5. The Morgan fingerprint density at radius 2 is 2.15 bits per heavy atom. The highest BCUT2D eigenvalue weighted by atomic mass is 16.8. The van der Waals surface area contributed by atoms with E-state index >= 15 is 0 Å². The molecule has 0 heterocycles. The summed E-state index contributed by atoms with van der Waals surface area (Å²) in [6, 6.07) is 3.54. The number of nitrogens with one attached hydrogen (secondary N) is 1. The van der Waals surface area contributed by atoms with Crippen molar-refractivity contribution in [1.29, 1.82) is 0 Å². The zero-order chi connectivity index (χ0) is 10.0. The van der Waals surface area contributed by atoms with Gasteiger partial charge in [-0.05, 0) is 6.07 Å². The lowest BCUT2D eigenvalue weighted by molar-refractivity contribution is -0.991. The van der Waals surface area contributed by atoms with Crippen LogP contribution in [0.15, 0.2) is 18.2 Å². The van der Waals surface area contributed by atoms with E-state index in [2.05, 4.69) is 0 Å². The van der Waals surface area contributed by atoms with Gasteiger partial charge in [-0.3, -0.25) is 0 Å². The van der Waals surface area contributed by atoms with E-state index < -0.39 is 11.2 Å². The molecule has 1 aromatic rings. The average Bonchev–Trinajstić information content (AvgIpc) is 2.04. The summed E-state index contributed by atoms with van der Waals surface area (Å²) in [7, 11) is 0. The van der Waals surface area contributed by atoms with Crippen LogP contribution in [-0.4, -0.2) is 16.3 Å². The highest BCUT2D eigenvalue weighted by Crippen LogP contribution is 2.14. The molecule has 13 heavy (non-hydrogen) atoms. The number of benzene rings is 1. The normalized spacial score (nSPS) is 12.5. The Bertz CT molecular complexity index is 337. The molecule has 0 bridgehead atoms. The largest absolute Gasteiger partial charge is 0.595 e. The van der Waals surface area contributed by atoms with Gasteiger partial charge in [-0.2, -0.15) is 5.23 Å². The van der Waals surface area contributed by atoms with Gasteiger partial charge in [-0.25, -0.2) is 10.0 Å². The Balaban J connectivity index is 3.19. The number of nitrogens with two attached hydrogens (primary N) is 1. The molecule has 5 N–H and O–H groups in total. The smallest absolute Gasteiger partial charge is 0.338 e. The topological polar surface area (TPSA) is 111 Å². The minimum absolute atomic E-state index is 0.0532. The molecule has 1 rings (SSSR count). The summed E-state index contributed by atoms with van der Waals surface area (Å²) in [5, 5.41) is 26.4. The van der Waals surface area contributed by atoms with Crippen molar-refractivity contribution < 1.29 is 20.3 Å². The number of carbonyl (C=O) groups is 1. The second-order valence-electron chi connectivity index (χ2n) is 2.41. The summed E-state index contributed by atoms with van der Waals surface area (Å²) < 4.78 is 0. The molecule has 1 atom stereocenters. The van der Waals surface area contributed by atoms with Crippen molar-refractivity contribution in [3.8, 4) is 0 Å². The van der Waals surface area contributed by atoms with E-state index in [0.717, 1.165) is 6.07 Å². The van der Waals surface area contributed by atoms with Gasteiger partial charge in [0.15, 0.2) is 5.69 Å². The number of hydrogen-bond donors (Lipinski definition) is 4. The molecular weight excluding hydrogens is 176 g/mol. The summed E-state index contributed by atoms with van der Waals surface area (Å²) in [5.41, 5.74) is 5.08. The molecule has 0 spiro atoms. The minimum atomic E-state index is -1.24. The predicted octanol–water partition coefficient (Wildman–Crippen LogP) is -0.630. The van der Waals surface area contributed by atoms with Crippen LogP contribution in [0.3, 0.4) is 0 Å². The number of carboxylic acids is 1. The SMILES string of the molecule is Nc1ccc([NH+]([O-])O)cc1C(=O)O. The number of quaternary nitrogens is 1. The number of hydrogen-bond acceptors (Lipinski definition) is 4. The van der Waals surface area contributed by atoms with Crippen molar-refractivity contribution in [2.75, 3.05) is 5.73 Å². The molecule has 0 saturated carbocycles. The Labute approximate surface area is 73.3 Å². The Kier molecular flexibility index (Phi) is 2.47. The molecule has 0 aliphatic rings. The number of rotatable bonds is 2. The van der Waals surface area contributed by atoms with E-state index in [-0.39, 0.29) is 16.9 Å². The Morgan fingerprint density at radius 1 is 1.54 bits per heavy atom. The molecule has 6 heteroatoms. The molecule has 0 saturated heterocycles. The summed E-state index contributed by atoms with van der Waals surface area (Å²) in [6.45, 7) is 0. The quantitative estimate of drug-likeness (QED) is 0.361. The molecule has 1 aromatic carbocycles. The van der Waals surface area contributed by atoms with E-state index in [4.69, 9.17) is 16.0 Å². The standard InChI is InChI=1S/C7H8N2O4/c8-6-2-1-4(9(12)13)3-5(6)7(10)11/h1-3,9,12H,8H2,(H,10,11). The van der Waals surface area contributed by atoms with E-state index in [0.29, 0.717) is 0 Å². The second-order valence-corrected chi connectivity index (χ2v) is 2.41. The van der Waals surface area contributed by atoms with Crippen LogP contribution in [0.25, 0.3) is 0 Å². The summed E-state index contributed by atoms with van der Waals surface area (Å²) in [6.07, 6.45) is 0. The van der Waals surface area contributed by atoms with Gasteiger partial charge >= 0.3 is 5.97 Å². The summed E-state index contributed by atoms with van der Waals surface area (Å²) in [5.74, 6) is -1.24. The van der Waals surface area contributed by atoms with Crippen molar-refractivity contribution >= 4 is 17.3 Å². The fraction of sp³-hybridized carbons (Fsp3) is 0. The van der Waals surface area contributed by atoms with E-state index in [1.807, 2.05) is 0 Å². The van der Waals surface area contributed by atoms with Gasteiger partial charge in [-0.15, -0.1) is 0 Å². The molecule has 0 aromatic heterocycles. The van der Waals surface area contributed by atoms with E-state index in [1.165, 1.54) is 12.1 Å². The van der Waals surface area contributed by atoms with Crippen LogP contribution in [0.4, 0.5) is 11.4 Å². The van der Waals surface area contributed by atoms with Gasteiger partial charge in [0, 0.05) is 17.8 Å². The molecule has 0 aliphatic heterocycles. The lowest BCUT2D eigenvalue weighted by atomic mass is 10.1. The van der Waals surface area contributed by atoms with Crippen molar-refractivity contribution in [2.45, 2.75) is 0 Å². The van der Waals surface area contributed by atoms with Crippen molar-refractivity contribution in [3.63, 3.8) is 0 Å². The fourth-order valence-electron chi connectivity index (χ4n) is 0.875. The zero-order valence-electron chi connectivity index (χ0n) is 6.52. The van der Waals surface area contributed by atoms with Crippen molar-refractivity contribution in [1.82, 2.24) is 0 Å². The fourth-order valence-corrected chi connectivity index (χ4v) is 0.875. The van der Waals surface area contributed by atoms with E-state index in [9.17, 15) is 10.0 Å². The van der Waals surface area contributed by atoms with Crippen LogP contribution in [0.2, 0.25) is 0 Å². The van der Waals surface area contributed by atoms with Gasteiger partial charge in [0.1, 0.15) is 0 Å². The number of nitrogen functional groups attached to an aromatic ring is 1. The minimum Gasteiger partial charge on any atom is -0.595 e. The third kappa shape index (κ3) is 1.94. The van der Waals surface area contributed by atoms with Gasteiger partial charge in [0.25, 0.3) is 0 Å². The maximum absolute atomic E-state index is 10.5. The zero-order valence-corrected chi connectivity index (χ0v) is 6.52. The predicted molar refractivity (Wildman–Crippen MR) is 43.6 cm³/mol. The molecular formula is C7H8N2O4. The number of anilines is 1. The Morgan fingerprint density at radius 3 is 2.62 bits per heavy atom. The molecule has 1 unspecified atom stereocenters.